The van der Waals surface area contributed by atoms with Crippen LogP contribution in [0.25, 0.3) is 0 Å². The minimum Gasteiger partial charge on any atom is -0.303 e. The summed E-state index contributed by atoms with van der Waals surface area (Å²) in [6.45, 7) is 14.9. The number of nitrogens with one attached hydrogen (secondary N) is 1. The fourth-order valence-electron chi connectivity index (χ4n) is 2.25. The summed E-state index contributed by atoms with van der Waals surface area (Å²) in [4.78, 5) is 2.48. The van der Waals surface area contributed by atoms with Crippen LogP contribution in [0, 0.1) is 17.2 Å². The second-order valence-corrected chi connectivity index (χ2v) is 5.30. The Balaban J connectivity index is 4.25. The molecule has 0 aromatic carbocycles. The van der Waals surface area contributed by atoms with Gasteiger partial charge in [0.05, 0.1) is 6.07 Å². The molecule has 106 valence electrons. The largest absolute Gasteiger partial charge is 0.303 e. The molecule has 0 aliphatic heterocycles. The summed E-state index contributed by atoms with van der Waals surface area (Å²) in [6, 6.07) is 2.40. The van der Waals surface area contributed by atoms with Crippen LogP contribution in [0.15, 0.2) is 0 Å². The Labute approximate surface area is 114 Å². The van der Waals surface area contributed by atoms with Crippen LogP contribution in [0.2, 0.25) is 0 Å². The highest BCUT2D eigenvalue weighted by Gasteiger charge is 2.23. The first-order chi connectivity index (χ1) is 8.55. The molecule has 0 amide bonds. The summed E-state index contributed by atoms with van der Waals surface area (Å²) in [7, 11) is 0. The first-order valence-corrected chi connectivity index (χ1v) is 7.43. The molecule has 0 fully saturated rings. The molecular weight excluding hydrogens is 222 g/mol. The lowest BCUT2D eigenvalue weighted by atomic mass is 9.98. The van der Waals surface area contributed by atoms with Crippen molar-refractivity contribution in [3.05, 3.63) is 0 Å². The van der Waals surface area contributed by atoms with Gasteiger partial charge in [-0.05, 0) is 32.4 Å². The third kappa shape index (κ3) is 6.37. The first-order valence-electron chi connectivity index (χ1n) is 7.43. The van der Waals surface area contributed by atoms with Gasteiger partial charge in [-0.15, -0.1) is 0 Å². The van der Waals surface area contributed by atoms with E-state index in [1.165, 1.54) is 12.8 Å². The topological polar surface area (TPSA) is 39.1 Å². The van der Waals surface area contributed by atoms with E-state index in [4.69, 9.17) is 0 Å². The van der Waals surface area contributed by atoms with E-state index in [9.17, 15) is 5.26 Å². The maximum Gasteiger partial charge on any atom is 0.105 e. The van der Waals surface area contributed by atoms with Gasteiger partial charge in [0, 0.05) is 13.1 Å². The van der Waals surface area contributed by atoms with Gasteiger partial charge >= 0.3 is 0 Å². The average Bonchev–Trinajstić information content (AvgIpc) is 2.39. The molecule has 0 rings (SSSR count). The molecule has 0 saturated carbocycles. The van der Waals surface area contributed by atoms with E-state index < -0.39 is 0 Å². The minimum absolute atomic E-state index is 0.379. The van der Waals surface area contributed by atoms with Gasteiger partial charge in [0.15, 0.2) is 0 Å². The maximum absolute atomic E-state index is 9.25. The van der Waals surface area contributed by atoms with Crippen molar-refractivity contribution in [2.45, 2.75) is 59.4 Å². The van der Waals surface area contributed by atoms with Gasteiger partial charge in [-0.1, -0.05) is 40.5 Å². The lowest BCUT2D eigenvalue weighted by Crippen LogP contribution is -2.44. The highest BCUT2D eigenvalue weighted by atomic mass is 15.1. The zero-order valence-corrected chi connectivity index (χ0v) is 12.9. The molecule has 18 heavy (non-hydrogen) atoms. The first kappa shape index (κ1) is 17.4. The number of hydrogen-bond donors (Lipinski definition) is 1. The molecular formula is C15H31N3. The van der Waals surface area contributed by atoms with Gasteiger partial charge in [0.1, 0.15) is 5.54 Å². The zero-order valence-electron chi connectivity index (χ0n) is 12.9. The Bertz CT molecular complexity index is 243. The molecule has 0 radical (unpaired) electrons. The van der Waals surface area contributed by atoms with Crippen molar-refractivity contribution >= 4 is 0 Å². The molecule has 1 N–H and O–H groups in total. The van der Waals surface area contributed by atoms with Crippen LogP contribution < -0.4 is 5.32 Å². The van der Waals surface area contributed by atoms with Crippen LogP contribution >= 0.6 is 0 Å². The molecule has 0 heterocycles. The summed E-state index contributed by atoms with van der Waals surface area (Å²) in [5.41, 5.74) is -0.379. The summed E-state index contributed by atoms with van der Waals surface area (Å²) < 4.78 is 0. The fourth-order valence-corrected chi connectivity index (χ4v) is 2.25. The number of nitrogens with zero attached hydrogens (tertiary/aromatic N) is 2. The Hall–Kier alpha value is -0.590. The standard InChI is InChI=1S/C15H31N3/c1-6-14(7-2)12-18(9-4)11-10-15(5,13-16)17-8-3/h14,17H,6-12H2,1-5H3. The van der Waals surface area contributed by atoms with E-state index in [1.807, 2.05) is 6.92 Å². The second kappa shape index (κ2) is 9.35. The summed E-state index contributed by atoms with van der Waals surface area (Å²) >= 11 is 0. The monoisotopic (exact) mass is 253 g/mol. The predicted octanol–water partition coefficient (Wildman–Crippen LogP) is 3.03. The van der Waals surface area contributed by atoms with E-state index in [0.29, 0.717) is 0 Å². The number of hydrogen-bond acceptors (Lipinski definition) is 3. The molecule has 0 aliphatic rings. The summed E-state index contributed by atoms with van der Waals surface area (Å²) in [5, 5.41) is 12.5. The van der Waals surface area contributed by atoms with E-state index in [-0.39, 0.29) is 5.54 Å². The highest BCUT2D eigenvalue weighted by Crippen LogP contribution is 2.13. The van der Waals surface area contributed by atoms with Gasteiger partial charge in [0.2, 0.25) is 0 Å². The lowest BCUT2D eigenvalue weighted by Gasteiger charge is -2.29. The molecule has 0 aliphatic carbocycles. The van der Waals surface area contributed by atoms with Crippen molar-refractivity contribution in [1.29, 1.82) is 5.26 Å². The van der Waals surface area contributed by atoms with Crippen LogP contribution in [0.5, 0.6) is 0 Å². The van der Waals surface area contributed by atoms with Crippen molar-refractivity contribution < 1.29 is 0 Å². The summed E-state index contributed by atoms with van der Waals surface area (Å²) in [6.07, 6.45) is 3.39. The molecule has 0 spiro atoms. The van der Waals surface area contributed by atoms with Crippen molar-refractivity contribution in [1.82, 2.24) is 10.2 Å². The predicted molar refractivity (Wildman–Crippen MR) is 78.5 cm³/mol. The third-order valence-electron chi connectivity index (χ3n) is 3.86. The van der Waals surface area contributed by atoms with Crippen LogP contribution in [-0.2, 0) is 0 Å². The highest BCUT2D eigenvalue weighted by molar-refractivity contribution is 5.03. The molecule has 0 aromatic heterocycles. The minimum atomic E-state index is -0.379. The van der Waals surface area contributed by atoms with E-state index in [1.54, 1.807) is 0 Å². The Kier molecular flexibility index (Phi) is 9.05. The molecule has 3 heteroatoms. The maximum atomic E-state index is 9.25. The van der Waals surface area contributed by atoms with Crippen molar-refractivity contribution in [2.75, 3.05) is 26.2 Å². The average molecular weight is 253 g/mol. The van der Waals surface area contributed by atoms with Crippen molar-refractivity contribution in [3.8, 4) is 6.07 Å². The van der Waals surface area contributed by atoms with Gasteiger partial charge < -0.3 is 4.90 Å². The SMILES string of the molecule is CCNC(C)(C#N)CCN(CC)CC(CC)CC. The van der Waals surface area contributed by atoms with Crippen LogP contribution in [0.1, 0.15) is 53.9 Å². The molecule has 1 unspecified atom stereocenters. The van der Waals surface area contributed by atoms with Crippen LogP contribution in [0.3, 0.4) is 0 Å². The smallest absolute Gasteiger partial charge is 0.105 e. The van der Waals surface area contributed by atoms with Crippen LogP contribution in [-0.4, -0.2) is 36.6 Å². The molecule has 1 atom stereocenters. The van der Waals surface area contributed by atoms with Gasteiger partial charge in [-0.2, -0.15) is 5.26 Å². The lowest BCUT2D eigenvalue weighted by molar-refractivity contribution is 0.215. The second-order valence-electron chi connectivity index (χ2n) is 5.30. The normalized spacial score (nSPS) is 14.8. The van der Waals surface area contributed by atoms with E-state index in [2.05, 4.69) is 44.0 Å². The van der Waals surface area contributed by atoms with Crippen molar-refractivity contribution in [2.24, 2.45) is 5.92 Å². The molecule has 0 aromatic rings. The number of nitriles is 1. The van der Waals surface area contributed by atoms with E-state index in [0.717, 1.165) is 38.5 Å². The summed E-state index contributed by atoms with van der Waals surface area (Å²) in [5.74, 6) is 0.789. The number of rotatable bonds is 10. The van der Waals surface area contributed by atoms with Gasteiger partial charge in [-0.3, -0.25) is 5.32 Å². The Morgan fingerprint density at radius 1 is 1.22 bits per heavy atom. The van der Waals surface area contributed by atoms with Crippen molar-refractivity contribution in [3.63, 3.8) is 0 Å². The fraction of sp³-hybridized carbons (Fsp3) is 0.933. The van der Waals surface area contributed by atoms with Crippen LogP contribution in [0.4, 0.5) is 0 Å². The van der Waals surface area contributed by atoms with E-state index >= 15 is 0 Å². The quantitative estimate of drug-likeness (QED) is 0.650. The van der Waals surface area contributed by atoms with Gasteiger partial charge in [0.25, 0.3) is 0 Å². The third-order valence-corrected chi connectivity index (χ3v) is 3.86. The Morgan fingerprint density at radius 2 is 1.83 bits per heavy atom. The molecule has 0 bridgehead atoms. The molecule has 0 saturated heterocycles. The Morgan fingerprint density at radius 3 is 2.22 bits per heavy atom. The van der Waals surface area contributed by atoms with Gasteiger partial charge in [-0.25, -0.2) is 0 Å². The molecule has 3 nitrogen and oxygen atoms in total. The zero-order chi connectivity index (χ0) is 14.0.